The summed E-state index contributed by atoms with van der Waals surface area (Å²) in [7, 11) is 0. The minimum atomic E-state index is -0.388. The van der Waals surface area contributed by atoms with E-state index in [1.165, 1.54) is 19.3 Å². The zero-order chi connectivity index (χ0) is 12.0. The normalized spacial score (nSPS) is 20.8. The van der Waals surface area contributed by atoms with Crippen LogP contribution in [0.2, 0.25) is 0 Å². The van der Waals surface area contributed by atoms with Crippen LogP contribution < -0.4 is 5.32 Å². The van der Waals surface area contributed by atoms with Crippen molar-refractivity contribution in [3.8, 4) is 0 Å². The van der Waals surface area contributed by atoms with Crippen LogP contribution in [-0.4, -0.2) is 48.0 Å². The highest BCUT2D eigenvalue weighted by molar-refractivity contribution is 8.00. The molecule has 2 N–H and O–H groups in total. The fourth-order valence-corrected chi connectivity index (χ4v) is 2.80. The van der Waals surface area contributed by atoms with Gasteiger partial charge in [0.2, 0.25) is 0 Å². The Morgan fingerprint density at radius 2 is 2.12 bits per heavy atom. The van der Waals surface area contributed by atoms with Crippen LogP contribution in [0.3, 0.4) is 0 Å². The van der Waals surface area contributed by atoms with E-state index in [0.29, 0.717) is 17.9 Å². The first-order valence-corrected chi connectivity index (χ1v) is 7.36. The Labute approximate surface area is 103 Å². The Kier molecular flexibility index (Phi) is 6.11. The summed E-state index contributed by atoms with van der Waals surface area (Å²) in [5, 5.41) is 13.0. The zero-order valence-corrected chi connectivity index (χ0v) is 11.5. The Morgan fingerprint density at radius 1 is 1.44 bits per heavy atom. The van der Waals surface area contributed by atoms with Crippen LogP contribution in [0.1, 0.15) is 33.1 Å². The Hall–Kier alpha value is 0.230. The van der Waals surface area contributed by atoms with E-state index >= 15 is 0 Å². The zero-order valence-electron chi connectivity index (χ0n) is 10.7. The van der Waals surface area contributed by atoms with Crippen molar-refractivity contribution in [2.24, 2.45) is 0 Å². The molecular formula is C12H25NO2S. The topological polar surface area (TPSA) is 41.5 Å². The molecule has 3 nitrogen and oxygen atoms in total. The molecule has 0 aromatic rings. The maximum Gasteiger partial charge on any atom is 0.0897 e. The van der Waals surface area contributed by atoms with Crippen LogP contribution in [0.5, 0.6) is 0 Å². The SMILES string of the molecule is CSC1(CNCC(O)COC(C)C)CCC1. The van der Waals surface area contributed by atoms with Crippen LogP contribution in [0, 0.1) is 0 Å². The standard InChI is InChI=1S/C12H25NO2S/c1-10(2)15-8-11(14)7-13-9-12(16-3)5-4-6-12/h10-11,13-14H,4-9H2,1-3H3. The van der Waals surface area contributed by atoms with Gasteiger partial charge in [-0.25, -0.2) is 0 Å². The lowest BCUT2D eigenvalue weighted by Gasteiger charge is -2.40. The lowest BCUT2D eigenvalue weighted by Crippen LogP contribution is -2.45. The molecule has 0 radical (unpaired) electrons. The molecule has 0 aliphatic heterocycles. The Balaban J connectivity index is 2.05. The summed E-state index contributed by atoms with van der Waals surface area (Å²) in [6.45, 7) is 6.04. The predicted octanol–water partition coefficient (Wildman–Crippen LogP) is 1.65. The van der Waals surface area contributed by atoms with Gasteiger partial charge in [0.05, 0.1) is 18.8 Å². The third-order valence-electron chi connectivity index (χ3n) is 3.15. The maximum absolute atomic E-state index is 9.66. The molecule has 1 rings (SSSR count). The summed E-state index contributed by atoms with van der Waals surface area (Å²) < 4.78 is 5.80. The molecule has 1 atom stereocenters. The summed E-state index contributed by atoms with van der Waals surface area (Å²) >= 11 is 1.95. The molecular weight excluding hydrogens is 222 g/mol. The van der Waals surface area contributed by atoms with Crippen LogP contribution in [0.4, 0.5) is 0 Å². The molecule has 1 aliphatic carbocycles. The van der Waals surface area contributed by atoms with Crippen molar-refractivity contribution in [2.45, 2.75) is 50.1 Å². The second-order valence-corrected chi connectivity index (χ2v) is 6.18. The highest BCUT2D eigenvalue weighted by Gasteiger charge is 2.35. The van der Waals surface area contributed by atoms with Gasteiger partial charge in [0.1, 0.15) is 0 Å². The van der Waals surface area contributed by atoms with Gasteiger partial charge >= 0.3 is 0 Å². The molecule has 0 amide bonds. The van der Waals surface area contributed by atoms with Gasteiger partial charge in [-0.05, 0) is 32.9 Å². The van der Waals surface area contributed by atoms with Gasteiger partial charge in [0.15, 0.2) is 0 Å². The Morgan fingerprint density at radius 3 is 2.56 bits per heavy atom. The molecule has 0 bridgehead atoms. The quantitative estimate of drug-likeness (QED) is 0.684. The highest BCUT2D eigenvalue weighted by Crippen LogP contribution is 2.42. The van der Waals surface area contributed by atoms with Gasteiger partial charge in [-0.2, -0.15) is 11.8 Å². The minimum Gasteiger partial charge on any atom is -0.389 e. The summed E-state index contributed by atoms with van der Waals surface area (Å²) in [5.41, 5.74) is 0. The van der Waals surface area contributed by atoms with Crippen molar-refractivity contribution < 1.29 is 9.84 Å². The van der Waals surface area contributed by atoms with Crippen LogP contribution in [-0.2, 0) is 4.74 Å². The van der Waals surface area contributed by atoms with Crippen molar-refractivity contribution in [1.29, 1.82) is 0 Å². The van der Waals surface area contributed by atoms with E-state index in [0.717, 1.165) is 6.54 Å². The van der Waals surface area contributed by atoms with E-state index in [-0.39, 0.29) is 12.2 Å². The Bertz CT molecular complexity index is 190. The summed E-state index contributed by atoms with van der Waals surface area (Å²) in [6, 6.07) is 0. The van der Waals surface area contributed by atoms with Crippen molar-refractivity contribution in [3.05, 3.63) is 0 Å². The van der Waals surface area contributed by atoms with Crippen molar-refractivity contribution in [1.82, 2.24) is 5.32 Å². The van der Waals surface area contributed by atoms with Gasteiger partial charge in [-0.1, -0.05) is 6.42 Å². The molecule has 0 aromatic heterocycles. The predicted molar refractivity (Wildman–Crippen MR) is 70.1 cm³/mol. The summed E-state index contributed by atoms with van der Waals surface area (Å²) in [6.07, 6.45) is 5.94. The molecule has 0 spiro atoms. The maximum atomic E-state index is 9.66. The second kappa shape index (κ2) is 6.84. The van der Waals surface area contributed by atoms with Gasteiger partial charge in [0, 0.05) is 17.8 Å². The number of nitrogens with one attached hydrogen (secondary N) is 1. The van der Waals surface area contributed by atoms with E-state index in [9.17, 15) is 5.11 Å². The lowest BCUT2D eigenvalue weighted by molar-refractivity contribution is 0.00606. The molecule has 16 heavy (non-hydrogen) atoms. The molecule has 4 heteroatoms. The fourth-order valence-electron chi connectivity index (χ4n) is 1.85. The first-order chi connectivity index (χ1) is 7.58. The van der Waals surface area contributed by atoms with Crippen molar-refractivity contribution in [3.63, 3.8) is 0 Å². The molecule has 1 fully saturated rings. The van der Waals surface area contributed by atoms with Crippen molar-refractivity contribution >= 4 is 11.8 Å². The fraction of sp³-hybridized carbons (Fsp3) is 1.00. The van der Waals surface area contributed by atoms with Crippen LogP contribution >= 0.6 is 11.8 Å². The number of aliphatic hydroxyl groups is 1. The molecule has 0 heterocycles. The van der Waals surface area contributed by atoms with Gasteiger partial charge < -0.3 is 15.2 Å². The third-order valence-corrected chi connectivity index (χ3v) is 4.57. The van der Waals surface area contributed by atoms with Gasteiger partial charge in [-0.3, -0.25) is 0 Å². The molecule has 96 valence electrons. The average Bonchev–Trinajstić information content (AvgIpc) is 2.19. The number of thioether (sulfide) groups is 1. The van der Waals surface area contributed by atoms with E-state index < -0.39 is 0 Å². The third kappa shape index (κ3) is 4.62. The van der Waals surface area contributed by atoms with Crippen molar-refractivity contribution in [2.75, 3.05) is 26.0 Å². The smallest absolute Gasteiger partial charge is 0.0897 e. The largest absolute Gasteiger partial charge is 0.389 e. The van der Waals surface area contributed by atoms with E-state index in [1.807, 2.05) is 25.6 Å². The summed E-state index contributed by atoms with van der Waals surface area (Å²) in [4.78, 5) is 0. The molecule has 0 aromatic carbocycles. The van der Waals surface area contributed by atoms with E-state index in [2.05, 4.69) is 11.6 Å². The van der Waals surface area contributed by atoms with Gasteiger partial charge in [-0.15, -0.1) is 0 Å². The lowest BCUT2D eigenvalue weighted by atomic mass is 9.84. The molecule has 1 unspecified atom stereocenters. The number of hydrogen-bond donors (Lipinski definition) is 2. The minimum absolute atomic E-state index is 0.193. The summed E-state index contributed by atoms with van der Waals surface area (Å²) in [5.74, 6) is 0. The number of hydrogen-bond acceptors (Lipinski definition) is 4. The number of ether oxygens (including phenoxy) is 1. The van der Waals surface area contributed by atoms with Gasteiger partial charge in [0.25, 0.3) is 0 Å². The second-order valence-electron chi connectivity index (χ2n) is 4.91. The molecule has 1 saturated carbocycles. The monoisotopic (exact) mass is 247 g/mol. The first kappa shape index (κ1) is 14.3. The van der Waals surface area contributed by atoms with Crippen LogP contribution in [0.15, 0.2) is 0 Å². The highest BCUT2D eigenvalue weighted by atomic mass is 32.2. The average molecular weight is 247 g/mol. The van der Waals surface area contributed by atoms with E-state index in [1.54, 1.807) is 0 Å². The first-order valence-electron chi connectivity index (χ1n) is 6.13. The number of rotatable bonds is 8. The molecule has 1 aliphatic rings. The number of aliphatic hydroxyl groups excluding tert-OH is 1. The van der Waals surface area contributed by atoms with E-state index in [4.69, 9.17) is 4.74 Å². The molecule has 0 saturated heterocycles. The van der Waals surface area contributed by atoms with Crippen LogP contribution in [0.25, 0.3) is 0 Å².